The van der Waals surface area contributed by atoms with E-state index >= 15 is 0 Å². The van der Waals surface area contributed by atoms with Crippen LogP contribution in [0.3, 0.4) is 0 Å². The minimum absolute atomic E-state index is 0.226. The lowest BCUT2D eigenvalue weighted by atomic mass is 10.0. The van der Waals surface area contributed by atoms with Gasteiger partial charge in [0.15, 0.2) is 5.16 Å². The second kappa shape index (κ2) is 5.41. The fourth-order valence-electron chi connectivity index (χ4n) is 1.11. The Morgan fingerprint density at radius 1 is 1.12 bits per heavy atom. The van der Waals surface area contributed by atoms with Crippen molar-refractivity contribution in [3.05, 3.63) is 17.0 Å². The molecule has 1 aromatic heterocycles. The Hall–Kier alpha value is -0.220. The third-order valence-electron chi connectivity index (χ3n) is 2.63. The molecule has 0 aliphatic carbocycles. The van der Waals surface area contributed by atoms with Crippen molar-refractivity contribution in [2.45, 2.75) is 39.8 Å². The molecule has 0 aromatic carbocycles. The maximum absolute atomic E-state index is 4.50. The molecule has 1 aromatic rings. The molecule has 90 valence electrons. The molecule has 0 bridgehead atoms. The van der Waals surface area contributed by atoms with Gasteiger partial charge in [0, 0.05) is 17.1 Å². The first-order chi connectivity index (χ1) is 7.35. The molecule has 0 spiro atoms. The molecule has 0 amide bonds. The summed E-state index contributed by atoms with van der Waals surface area (Å²) >= 11 is 6.07. The number of aromatic nitrogens is 2. The first-order valence-corrected chi connectivity index (χ1v) is 7.03. The summed E-state index contributed by atoms with van der Waals surface area (Å²) in [7, 11) is 0. The summed E-state index contributed by atoms with van der Waals surface area (Å²) < 4.78 is 0. The van der Waals surface area contributed by atoms with Crippen LogP contribution in [0, 0.1) is 26.2 Å². The van der Waals surface area contributed by atoms with Gasteiger partial charge in [-0.15, -0.1) is 0 Å². The van der Waals surface area contributed by atoms with E-state index in [1.807, 2.05) is 13.8 Å². The highest BCUT2D eigenvalue weighted by molar-refractivity contribution is 7.99. The lowest BCUT2D eigenvalue weighted by molar-refractivity contribution is 0.493. The molecule has 1 heterocycles. The molecular formula is C12H20N2S2. The van der Waals surface area contributed by atoms with Crippen LogP contribution in [-0.4, -0.2) is 21.5 Å². The molecule has 4 heteroatoms. The molecule has 0 aliphatic heterocycles. The molecule has 0 atom stereocenters. The highest BCUT2D eigenvalue weighted by Crippen LogP contribution is 2.27. The number of nitrogens with zero attached hydrogens (tertiary/aromatic N) is 2. The molecule has 0 saturated carbocycles. The van der Waals surface area contributed by atoms with Crippen LogP contribution in [0.25, 0.3) is 0 Å². The van der Waals surface area contributed by atoms with E-state index in [1.54, 1.807) is 11.8 Å². The van der Waals surface area contributed by atoms with Crippen LogP contribution in [0.15, 0.2) is 5.16 Å². The Morgan fingerprint density at radius 3 is 2.06 bits per heavy atom. The standard InChI is InChI=1S/C12H20N2S2/c1-8-9(2)13-11(14-10(8)3)16-7-12(4,5)6-15/h15H,6-7H2,1-5H3. The Morgan fingerprint density at radius 2 is 1.62 bits per heavy atom. The van der Waals surface area contributed by atoms with Crippen molar-refractivity contribution in [3.63, 3.8) is 0 Å². The zero-order valence-corrected chi connectivity index (χ0v) is 12.4. The fourth-order valence-corrected chi connectivity index (χ4v) is 2.40. The Bertz CT molecular complexity index is 352. The minimum atomic E-state index is 0.226. The van der Waals surface area contributed by atoms with E-state index in [1.165, 1.54) is 5.56 Å². The number of rotatable bonds is 4. The van der Waals surface area contributed by atoms with E-state index in [2.05, 4.69) is 43.4 Å². The minimum Gasteiger partial charge on any atom is -0.228 e. The molecule has 2 nitrogen and oxygen atoms in total. The maximum atomic E-state index is 4.50. The van der Waals surface area contributed by atoms with Gasteiger partial charge in [0.1, 0.15) is 0 Å². The molecule has 0 saturated heterocycles. The molecule has 1 rings (SSSR count). The van der Waals surface area contributed by atoms with Gasteiger partial charge in [-0.05, 0) is 37.5 Å². The molecule has 0 fully saturated rings. The molecule has 0 unspecified atom stereocenters. The number of aryl methyl sites for hydroxylation is 2. The van der Waals surface area contributed by atoms with Crippen molar-refractivity contribution in [1.82, 2.24) is 9.97 Å². The van der Waals surface area contributed by atoms with Gasteiger partial charge in [-0.25, -0.2) is 9.97 Å². The van der Waals surface area contributed by atoms with Crippen LogP contribution in [-0.2, 0) is 0 Å². The number of hydrogen-bond donors (Lipinski definition) is 1. The van der Waals surface area contributed by atoms with E-state index in [9.17, 15) is 0 Å². The van der Waals surface area contributed by atoms with Crippen molar-refractivity contribution in [1.29, 1.82) is 0 Å². The van der Waals surface area contributed by atoms with Crippen molar-refractivity contribution in [3.8, 4) is 0 Å². The summed E-state index contributed by atoms with van der Waals surface area (Å²) in [5, 5.41) is 0.885. The fraction of sp³-hybridized carbons (Fsp3) is 0.667. The van der Waals surface area contributed by atoms with Gasteiger partial charge >= 0.3 is 0 Å². The van der Waals surface area contributed by atoms with E-state index in [4.69, 9.17) is 0 Å². The van der Waals surface area contributed by atoms with E-state index in [-0.39, 0.29) is 5.41 Å². The summed E-state index contributed by atoms with van der Waals surface area (Å²) in [5.74, 6) is 1.88. The molecule has 0 aliphatic rings. The molecule has 0 N–H and O–H groups in total. The second-order valence-electron chi connectivity index (χ2n) is 4.91. The number of hydrogen-bond acceptors (Lipinski definition) is 4. The van der Waals surface area contributed by atoms with Gasteiger partial charge in [-0.3, -0.25) is 0 Å². The van der Waals surface area contributed by atoms with Crippen molar-refractivity contribution in [2.75, 3.05) is 11.5 Å². The third-order valence-corrected chi connectivity index (χ3v) is 4.85. The highest BCUT2D eigenvalue weighted by atomic mass is 32.2. The maximum Gasteiger partial charge on any atom is 0.188 e. The SMILES string of the molecule is Cc1nc(SCC(C)(C)CS)nc(C)c1C. The molecule has 0 radical (unpaired) electrons. The summed E-state index contributed by atoms with van der Waals surface area (Å²) in [4.78, 5) is 9.00. The summed E-state index contributed by atoms with van der Waals surface area (Å²) in [6.07, 6.45) is 0. The zero-order chi connectivity index (χ0) is 12.3. The smallest absolute Gasteiger partial charge is 0.188 e. The Kier molecular flexibility index (Phi) is 4.68. The predicted octanol–water partition coefficient (Wildman–Crippen LogP) is 3.45. The van der Waals surface area contributed by atoms with Gasteiger partial charge in [-0.1, -0.05) is 25.6 Å². The predicted molar refractivity (Wildman–Crippen MR) is 74.6 cm³/mol. The Labute approximate surface area is 108 Å². The van der Waals surface area contributed by atoms with Gasteiger partial charge in [-0.2, -0.15) is 12.6 Å². The van der Waals surface area contributed by atoms with Crippen LogP contribution in [0.2, 0.25) is 0 Å². The van der Waals surface area contributed by atoms with Gasteiger partial charge in [0.2, 0.25) is 0 Å². The quantitative estimate of drug-likeness (QED) is 0.507. The zero-order valence-electron chi connectivity index (χ0n) is 10.7. The summed E-state index contributed by atoms with van der Waals surface area (Å²) in [6.45, 7) is 10.6. The lowest BCUT2D eigenvalue weighted by Crippen LogP contribution is -2.17. The van der Waals surface area contributed by atoms with E-state index in [0.717, 1.165) is 28.0 Å². The lowest BCUT2D eigenvalue weighted by Gasteiger charge is -2.20. The van der Waals surface area contributed by atoms with E-state index in [0.29, 0.717) is 0 Å². The largest absolute Gasteiger partial charge is 0.228 e. The van der Waals surface area contributed by atoms with Crippen molar-refractivity contribution in [2.24, 2.45) is 5.41 Å². The Balaban J connectivity index is 2.76. The average Bonchev–Trinajstić information content (AvgIpc) is 2.23. The van der Waals surface area contributed by atoms with Gasteiger partial charge in [0.05, 0.1) is 0 Å². The monoisotopic (exact) mass is 256 g/mol. The van der Waals surface area contributed by atoms with E-state index < -0.39 is 0 Å². The molecular weight excluding hydrogens is 236 g/mol. The summed E-state index contributed by atoms with van der Waals surface area (Å²) in [6, 6.07) is 0. The van der Waals surface area contributed by atoms with Crippen molar-refractivity contribution >= 4 is 24.4 Å². The summed E-state index contributed by atoms with van der Waals surface area (Å²) in [5.41, 5.74) is 3.58. The number of thiol groups is 1. The third kappa shape index (κ3) is 3.67. The normalized spacial score (nSPS) is 11.9. The average molecular weight is 256 g/mol. The van der Waals surface area contributed by atoms with Crippen LogP contribution in [0.1, 0.15) is 30.8 Å². The molecule has 16 heavy (non-hydrogen) atoms. The highest BCUT2D eigenvalue weighted by Gasteiger charge is 2.17. The van der Waals surface area contributed by atoms with Gasteiger partial charge < -0.3 is 0 Å². The number of thioether (sulfide) groups is 1. The van der Waals surface area contributed by atoms with Crippen LogP contribution in [0.5, 0.6) is 0 Å². The first kappa shape index (κ1) is 13.8. The van der Waals surface area contributed by atoms with Crippen LogP contribution >= 0.6 is 24.4 Å². The van der Waals surface area contributed by atoms with Crippen molar-refractivity contribution < 1.29 is 0 Å². The first-order valence-electron chi connectivity index (χ1n) is 5.41. The van der Waals surface area contributed by atoms with Crippen LogP contribution in [0.4, 0.5) is 0 Å². The second-order valence-corrected chi connectivity index (χ2v) is 6.17. The van der Waals surface area contributed by atoms with Gasteiger partial charge in [0.25, 0.3) is 0 Å². The topological polar surface area (TPSA) is 25.8 Å². The van der Waals surface area contributed by atoms with Crippen LogP contribution < -0.4 is 0 Å².